The summed E-state index contributed by atoms with van der Waals surface area (Å²) in [5.74, 6) is 0. The highest BCUT2D eigenvalue weighted by Crippen LogP contribution is 2.52. The molecule has 0 spiro atoms. The van der Waals surface area contributed by atoms with E-state index in [4.69, 9.17) is 4.99 Å². The Bertz CT molecular complexity index is 828. The molecule has 29 heavy (non-hydrogen) atoms. The predicted octanol–water partition coefficient (Wildman–Crippen LogP) is 7.80. The van der Waals surface area contributed by atoms with Gasteiger partial charge in [-0.3, -0.25) is 4.99 Å². The Morgan fingerprint density at radius 2 is 1.76 bits per heavy atom. The van der Waals surface area contributed by atoms with Crippen molar-refractivity contribution in [3.63, 3.8) is 0 Å². The molecule has 0 atom stereocenters. The zero-order valence-electron chi connectivity index (χ0n) is 19.2. The lowest BCUT2D eigenvalue weighted by molar-refractivity contribution is 0.623. The minimum absolute atomic E-state index is 0.346. The van der Waals surface area contributed by atoms with Gasteiger partial charge in [-0.1, -0.05) is 65.8 Å². The molecule has 1 aromatic rings. The lowest BCUT2D eigenvalue weighted by Crippen LogP contribution is -2.29. The summed E-state index contributed by atoms with van der Waals surface area (Å²) in [5.41, 5.74) is 10.8. The standard InChI is InChI=1S/C26H37N2P/c1-8-23-15-13-14-17-25(23)27-22(7)19-28(29(20(3)4)21(5)6)26-18-12-10-11-16-24(26)9-2/h10,12-18,20-21H,8-9,19H2,1-7H3/b27-22+. The molecule has 0 aromatic heterocycles. The van der Waals surface area contributed by atoms with Crippen molar-refractivity contribution in [3.8, 4) is 0 Å². The molecule has 0 bridgehead atoms. The number of aryl methyl sites for hydroxylation is 1. The normalized spacial score (nSPS) is 14.5. The van der Waals surface area contributed by atoms with Gasteiger partial charge in [0.25, 0.3) is 0 Å². The van der Waals surface area contributed by atoms with Crippen LogP contribution in [0.4, 0.5) is 5.69 Å². The number of aliphatic imine (C=N–C) groups is 1. The van der Waals surface area contributed by atoms with E-state index >= 15 is 0 Å². The average molecular weight is 409 g/mol. The highest BCUT2D eigenvalue weighted by molar-refractivity contribution is 7.56. The lowest BCUT2D eigenvalue weighted by Gasteiger charge is -2.40. The number of benzene rings is 1. The van der Waals surface area contributed by atoms with Gasteiger partial charge < -0.3 is 4.67 Å². The Morgan fingerprint density at radius 1 is 1.07 bits per heavy atom. The number of hydrogen-bond acceptors (Lipinski definition) is 2. The summed E-state index contributed by atoms with van der Waals surface area (Å²) in [4.78, 5) is 5.04. The van der Waals surface area contributed by atoms with Gasteiger partial charge in [0.2, 0.25) is 0 Å². The molecular formula is C26H37N2P. The third-order valence-corrected chi connectivity index (χ3v) is 8.12. The van der Waals surface area contributed by atoms with Gasteiger partial charge in [-0.2, -0.15) is 0 Å². The highest BCUT2D eigenvalue weighted by Gasteiger charge is 2.27. The molecule has 1 aliphatic rings. The van der Waals surface area contributed by atoms with Gasteiger partial charge in [0, 0.05) is 11.4 Å². The van der Waals surface area contributed by atoms with Crippen LogP contribution in [0.15, 0.2) is 70.6 Å². The summed E-state index contributed by atoms with van der Waals surface area (Å²) in [6.07, 6.45) is 10.6. The quantitative estimate of drug-likeness (QED) is 0.231. The van der Waals surface area contributed by atoms with E-state index in [2.05, 4.69) is 101 Å². The monoisotopic (exact) mass is 408 g/mol. The summed E-state index contributed by atoms with van der Waals surface area (Å²) < 4.78 is 2.64. The molecule has 0 N–H and O–H groups in total. The van der Waals surface area contributed by atoms with Crippen LogP contribution in [-0.4, -0.2) is 28.2 Å². The van der Waals surface area contributed by atoms with E-state index in [1.807, 2.05) is 6.08 Å². The van der Waals surface area contributed by atoms with Gasteiger partial charge in [0.1, 0.15) is 0 Å². The summed E-state index contributed by atoms with van der Waals surface area (Å²) >= 11 is 0. The van der Waals surface area contributed by atoms with Crippen LogP contribution in [0.5, 0.6) is 0 Å². The first kappa shape index (κ1) is 23.4. The van der Waals surface area contributed by atoms with E-state index in [-0.39, 0.29) is 8.07 Å². The van der Waals surface area contributed by atoms with Crippen LogP contribution in [0, 0.1) is 0 Å². The minimum Gasteiger partial charge on any atom is -0.344 e. The largest absolute Gasteiger partial charge is 0.344 e. The molecule has 2 nitrogen and oxygen atoms in total. The SMILES string of the molecule is CCC1=C(N(C/C(C)=N/c2ccccc2CC)P(C(C)C)C(C)C)C=CC=C=C1. The van der Waals surface area contributed by atoms with E-state index in [0.29, 0.717) is 11.3 Å². The van der Waals surface area contributed by atoms with Crippen LogP contribution in [0.3, 0.4) is 0 Å². The molecule has 3 heteroatoms. The van der Waals surface area contributed by atoms with Crippen molar-refractivity contribution in [3.05, 3.63) is 71.1 Å². The zero-order valence-corrected chi connectivity index (χ0v) is 20.1. The van der Waals surface area contributed by atoms with Gasteiger partial charge in [-0.05, 0) is 74.6 Å². The van der Waals surface area contributed by atoms with Gasteiger partial charge in [0.05, 0.1) is 12.2 Å². The van der Waals surface area contributed by atoms with E-state index in [9.17, 15) is 0 Å². The second-order valence-electron chi connectivity index (χ2n) is 8.06. The Hall–Kier alpha value is -1.88. The lowest BCUT2D eigenvalue weighted by atomic mass is 10.1. The number of hydrogen-bond donors (Lipinski definition) is 0. The minimum atomic E-state index is -0.346. The molecular weight excluding hydrogens is 371 g/mol. The molecule has 156 valence electrons. The van der Waals surface area contributed by atoms with Crippen molar-refractivity contribution in [2.75, 3.05) is 6.54 Å². The van der Waals surface area contributed by atoms with Crippen LogP contribution in [-0.2, 0) is 6.42 Å². The molecule has 0 amide bonds. The van der Waals surface area contributed by atoms with Gasteiger partial charge in [-0.15, -0.1) is 5.73 Å². The Labute approximate surface area is 179 Å². The number of rotatable bonds is 9. The Kier molecular flexibility index (Phi) is 9.15. The molecule has 0 unspecified atom stereocenters. The summed E-state index contributed by atoms with van der Waals surface area (Å²) in [6.45, 7) is 16.9. The van der Waals surface area contributed by atoms with Gasteiger partial charge >= 0.3 is 0 Å². The second kappa shape index (κ2) is 11.3. The summed E-state index contributed by atoms with van der Waals surface area (Å²) in [5, 5.41) is 0. The van der Waals surface area contributed by atoms with E-state index in [0.717, 1.165) is 30.8 Å². The maximum absolute atomic E-state index is 5.04. The van der Waals surface area contributed by atoms with Crippen molar-refractivity contribution < 1.29 is 0 Å². The van der Waals surface area contributed by atoms with Crippen LogP contribution < -0.4 is 0 Å². The maximum atomic E-state index is 5.04. The van der Waals surface area contributed by atoms with Gasteiger partial charge in [0.15, 0.2) is 0 Å². The first-order chi connectivity index (χ1) is 13.9. The molecule has 0 heterocycles. The third-order valence-electron chi connectivity index (χ3n) is 5.09. The molecule has 0 fully saturated rings. The van der Waals surface area contributed by atoms with Crippen LogP contribution in [0.2, 0.25) is 0 Å². The van der Waals surface area contributed by atoms with Crippen molar-refractivity contribution >= 4 is 19.5 Å². The average Bonchev–Trinajstić information content (AvgIpc) is 2.92. The fourth-order valence-electron chi connectivity index (χ4n) is 3.88. The van der Waals surface area contributed by atoms with Crippen LogP contribution in [0.1, 0.15) is 60.5 Å². The summed E-state index contributed by atoms with van der Waals surface area (Å²) in [7, 11) is -0.346. The predicted molar refractivity (Wildman–Crippen MR) is 132 cm³/mol. The number of nitrogens with zero attached hydrogens (tertiary/aromatic N) is 2. The molecule has 0 aliphatic heterocycles. The molecule has 1 aliphatic carbocycles. The third kappa shape index (κ3) is 6.30. The van der Waals surface area contributed by atoms with Crippen molar-refractivity contribution in [1.82, 2.24) is 4.67 Å². The topological polar surface area (TPSA) is 15.6 Å². The van der Waals surface area contributed by atoms with Crippen molar-refractivity contribution in [2.45, 2.75) is 72.6 Å². The van der Waals surface area contributed by atoms with Crippen LogP contribution >= 0.6 is 8.07 Å². The zero-order chi connectivity index (χ0) is 21.4. The highest BCUT2D eigenvalue weighted by atomic mass is 31.1. The smallest absolute Gasteiger partial charge is 0.0661 e. The van der Waals surface area contributed by atoms with Crippen molar-refractivity contribution in [2.24, 2.45) is 4.99 Å². The maximum Gasteiger partial charge on any atom is 0.0661 e. The van der Waals surface area contributed by atoms with Crippen LogP contribution in [0.25, 0.3) is 0 Å². The Balaban J connectivity index is 2.49. The first-order valence-electron chi connectivity index (χ1n) is 10.9. The summed E-state index contributed by atoms with van der Waals surface area (Å²) in [6, 6.07) is 8.50. The molecule has 2 rings (SSSR count). The van der Waals surface area contributed by atoms with E-state index in [1.165, 1.54) is 16.8 Å². The molecule has 0 radical (unpaired) electrons. The molecule has 0 saturated carbocycles. The molecule has 0 saturated heterocycles. The fourth-order valence-corrected chi connectivity index (χ4v) is 7.00. The second-order valence-corrected chi connectivity index (χ2v) is 11.4. The van der Waals surface area contributed by atoms with Crippen molar-refractivity contribution in [1.29, 1.82) is 0 Å². The fraction of sp³-hybridized carbons (Fsp3) is 0.462. The molecule has 1 aromatic carbocycles. The Morgan fingerprint density at radius 3 is 2.38 bits per heavy atom. The van der Waals surface area contributed by atoms with Gasteiger partial charge in [-0.25, -0.2) is 0 Å². The first-order valence-corrected chi connectivity index (χ1v) is 12.3. The van der Waals surface area contributed by atoms with E-state index in [1.54, 1.807) is 0 Å². The number of allylic oxidation sites excluding steroid dienone is 4. The number of para-hydroxylation sites is 1. The van der Waals surface area contributed by atoms with E-state index < -0.39 is 0 Å².